The molecule has 0 radical (unpaired) electrons. The molecular weight excluding hydrogens is 216 g/mol. The van der Waals surface area contributed by atoms with Crippen LogP contribution >= 0.6 is 11.8 Å². The lowest BCUT2D eigenvalue weighted by Gasteiger charge is -2.23. The van der Waals surface area contributed by atoms with Crippen LogP contribution in [0.2, 0.25) is 0 Å². The summed E-state index contributed by atoms with van der Waals surface area (Å²) >= 11 is 1.93. The van der Waals surface area contributed by atoms with E-state index in [0.717, 1.165) is 18.8 Å². The van der Waals surface area contributed by atoms with Gasteiger partial charge in [-0.2, -0.15) is 0 Å². The quantitative estimate of drug-likeness (QED) is 0.605. The molecule has 0 aliphatic carbocycles. The third-order valence-electron chi connectivity index (χ3n) is 2.84. The van der Waals surface area contributed by atoms with Crippen LogP contribution in [0.3, 0.4) is 0 Å². The lowest BCUT2D eigenvalue weighted by molar-refractivity contribution is 0.398. The van der Waals surface area contributed by atoms with Gasteiger partial charge in [-0.3, -0.25) is 0 Å². The Hall–Kier alpha value is -0.510. The predicted molar refractivity (Wildman–Crippen MR) is 71.1 cm³/mol. The summed E-state index contributed by atoms with van der Waals surface area (Å²) in [6.07, 6.45) is 2.63. The minimum absolute atomic E-state index is 0.685. The molecule has 16 heavy (non-hydrogen) atoms. The maximum atomic E-state index is 3.61. The van der Waals surface area contributed by atoms with Gasteiger partial charge in [0.15, 0.2) is 0 Å². The van der Waals surface area contributed by atoms with E-state index in [0.29, 0.717) is 6.04 Å². The zero-order valence-corrected chi connectivity index (χ0v) is 10.4. The van der Waals surface area contributed by atoms with E-state index in [9.17, 15) is 0 Å². The highest BCUT2D eigenvalue weighted by molar-refractivity contribution is 7.99. The summed E-state index contributed by atoms with van der Waals surface area (Å²) in [6.45, 7) is 3.43. The smallest absolute Gasteiger partial charge is 0.0193 e. The normalized spacial score (nSPS) is 20.9. The minimum Gasteiger partial charge on any atom is -0.315 e. The largest absolute Gasteiger partial charge is 0.315 e. The predicted octanol–water partition coefficient (Wildman–Crippen LogP) is 2.12. The number of piperidine rings is 1. The highest BCUT2D eigenvalue weighted by atomic mass is 32.2. The van der Waals surface area contributed by atoms with Gasteiger partial charge >= 0.3 is 0 Å². The van der Waals surface area contributed by atoms with Crippen molar-refractivity contribution in [3.05, 3.63) is 30.3 Å². The molecule has 1 aromatic rings. The van der Waals surface area contributed by atoms with E-state index in [2.05, 4.69) is 41.0 Å². The van der Waals surface area contributed by atoms with Crippen molar-refractivity contribution in [3.8, 4) is 0 Å². The van der Waals surface area contributed by atoms with Crippen molar-refractivity contribution in [1.29, 1.82) is 0 Å². The molecule has 1 unspecified atom stereocenters. The second kappa shape index (κ2) is 6.94. The summed E-state index contributed by atoms with van der Waals surface area (Å²) in [5, 5.41) is 7.03. The van der Waals surface area contributed by atoms with Gasteiger partial charge in [-0.15, -0.1) is 11.8 Å². The summed E-state index contributed by atoms with van der Waals surface area (Å²) < 4.78 is 0. The number of hydrogen-bond acceptors (Lipinski definition) is 3. The first-order valence-corrected chi connectivity index (χ1v) is 7.05. The molecular formula is C13H20N2S. The fourth-order valence-electron chi connectivity index (χ4n) is 1.97. The van der Waals surface area contributed by atoms with Gasteiger partial charge in [-0.1, -0.05) is 18.2 Å². The van der Waals surface area contributed by atoms with Gasteiger partial charge in [0.2, 0.25) is 0 Å². The summed E-state index contributed by atoms with van der Waals surface area (Å²) in [5.74, 6) is 1.15. The van der Waals surface area contributed by atoms with E-state index >= 15 is 0 Å². The molecule has 1 aromatic carbocycles. The Morgan fingerprint density at radius 1 is 1.31 bits per heavy atom. The Kier molecular flexibility index (Phi) is 5.19. The zero-order chi connectivity index (χ0) is 11.1. The molecule has 2 N–H and O–H groups in total. The number of hydrogen-bond donors (Lipinski definition) is 2. The molecule has 0 bridgehead atoms. The van der Waals surface area contributed by atoms with Crippen molar-refractivity contribution < 1.29 is 0 Å². The Bertz CT molecular complexity index is 283. The first kappa shape index (κ1) is 12.0. The number of benzene rings is 1. The number of nitrogens with one attached hydrogen (secondary N) is 2. The highest BCUT2D eigenvalue weighted by Gasteiger charge is 2.10. The van der Waals surface area contributed by atoms with Crippen LogP contribution in [0.15, 0.2) is 35.2 Å². The van der Waals surface area contributed by atoms with Crippen LogP contribution in [0, 0.1) is 0 Å². The maximum absolute atomic E-state index is 3.61. The third kappa shape index (κ3) is 4.16. The first-order chi connectivity index (χ1) is 7.95. The molecule has 0 spiro atoms. The third-order valence-corrected chi connectivity index (χ3v) is 3.86. The topological polar surface area (TPSA) is 24.1 Å². The molecule has 88 valence electrons. The van der Waals surface area contributed by atoms with Gasteiger partial charge in [-0.25, -0.2) is 0 Å². The van der Waals surface area contributed by atoms with E-state index in [-0.39, 0.29) is 0 Å². The van der Waals surface area contributed by atoms with Crippen LogP contribution in [0.5, 0.6) is 0 Å². The van der Waals surface area contributed by atoms with Crippen LogP contribution in [-0.2, 0) is 0 Å². The zero-order valence-electron chi connectivity index (χ0n) is 9.61. The van der Waals surface area contributed by atoms with Crippen molar-refractivity contribution >= 4 is 11.8 Å². The van der Waals surface area contributed by atoms with Crippen LogP contribution in [0.4, 0.5) is 0 Å². The number of thioether (sulfide) groups is 1. The molecule has 1 fully saturated rings. The second-order valence-electron chi connectivity index (χ2n) is 4.16. The van der Waals surface area contributed by atoms with E-state index in [4.69, 9.17) is 0 Å². The average molecular weight is 236 g/mol. The van der Waals surface area contributed by atoms with E-state index in [1.807, 2.05) is 11.8 Å². The fraction of sp³-hybridized carbons (Fsp3) is 0.538. The molecule has 2 rings (SSSR count). The van der Waals surface area contributed by atoms with E-state index in [1.54, 1.807) is 0 Å². The Labute approximate surface area is 102 Å². The summed E-state index contributed by atoms with van der Waals surface area (Å²) in [6, 6.07) is 11.3. The van der Waals surface area contributed by atoms with Crippen molar-refractivity contribution in [2.45, 2.75) is 23.8 Å². The molecule has 3 heteroatoms. The van der Waals surface area contributed by atoms with Gasteiger partial charge in [-0.05, 0) is 31.5 Å². The molecule has 0 amide bonds. The van der Waals surface area contributed by atoms with Gasteiger partial charge in [0.05, 0.1) is 0 Å². The van der Waals surface area contributed by atoms with Gasteiger partial charge < -0.3 is 10.6 Å². The molecule has 0 saturated carbocycles. The highest BCUT2D eigenvalue weighted by Crippen LogP contribution is 2.15. The van der Waals surface area contributed by atoms with Gasteiger partial charge in [0.1, 0.15) is 0 Å². The Morgan fingerprint density at radius 3 is 2.94 bits per heavy atom. The molecule has 1 aliphatic heterocycles. The maximum Gasteiger partial charge on any atom is 0.0193 e. The fourth-order valence-corrected chi connectivity index (χ4v) is 2.78. The summed E-state index contributed by atoms with van der Waals surface area (Å²) in [4.78, 5) is 1.37. The van der Waals surface area contributed by atoms with Gasteiger partial charge in [0, 0.05) is 29.8 Å². The molecule has 1 aliphatic rings. The minimum atomic E-state index is 0.685. The number of rotatable bonds is 5. The average Bonchev–Trinajstić information content (AvgIpc) is 2.37. The van der Waals surface area contributed by atoms with Crippen LogP contribution in [0.25, 0.3) is 0 Å². The van der Waals surface area contributed by atoms with E-state index in [1.165, 1.54) is 24.3 Å². The Morgan fingerprint density at radius 2 is 2.19 bits per heavy atom. The van der Waals surface area contributed by atoms with E-state index < -0.39 is 0 Å². The standard InChI is InChI=1S/C13H20N2S/c1-2-6-13(7-3-1)16-10-9-15-12-5-4-8-14-11-12/h1-3,6-7,12,14-15H,4-5,8-11H2. The second-order valence-corrected chi connectivity index (χ2v) is 5.33. The Balaban J connectivity index is 1.58. The first-order valence-electron chi connectivity index (χ1n) is 6.07. The molecule has 1 heterocycles. The summed E-state index contributed by atoms with van der Waals surface area (Å²) in [5.41, 5.74) is 0. The van der Waals surface area contributed by atoms with Crippen molar-refractivity contribution in [2.24, 2.45) is 0 Å². The van der Waals surface area contributed by atoms with Crippen molar-refractivity contribution in [1.82, 2.24) is 10.6 Å². The van der Waals surface area contributed by atoms with Crippen LogP contribution in [-0.4, -0.2) is 31.4 Å². The van der Waals surface area contributed by atoms with Crippen molar-refractivity contribution in [2.75, 3.05) is 25.4 Å². The monoisotopic (exact) mass is 236 g/mol. The molecule has 2 nitrogen and oxygen atoms in total. The molecule has 1 atom stereocenters. The van der Waals surface area contributed by atoms with Crippen molar-refractivity contribution in [3.63, 3.8) is 0 Å². The van der Waals surface area contributed by atoms with Crippen LogP contribution in [0.1, 0.15) is 12.8 Å². The summed E-state index contributed by atoms with van der Waals surface area (Å²) in [7, 11) is 0. The lowest BCUT2D eigenvalue weighted by Crippen LogP contribution is -2.43. The van der Waals surface area contributed by atoms with Gasteiger partial charge in [0.25, 0.3) is 0 Å². The SMILES string of the molecule is c1ccc(SCCNC2CCCNC2)cc1. The molecule has 1 saturated heterocycles. The van der Waals surface area contributed by atoms with Crippen LogP contribution < -0.4 is 10.6 Å². The lowest BCUT2D eigenvalue weighted by atomic mass is 10.1. The molecule has 0 aromatic heterocycles.